The van der Waals surface area contributed by atoms with Crippen molar-refractivity contribution in [3.05, 3.63) is 35.0 Å². The Balaban J connectivity index is 2.91. The van der Waals surface area contributed by atoms with Gasteiger partial charge in [-0.25, -0.2) is 4.79 Å². The minimum absolute atomic E-state index is 0.392. The first kappa shape index (κ1) is 12.7. The van der Waals surface area contributed by atoms with Gasteiger partial charge in [-0.3, -0.25) is 0 Å². The molecule has 1 N–H and O–H groups in total. The second-order valence-corrected chi connectivity index (χ2v) is 5.04. The maximum atomic E-state index is 11.4. The van der Waals surface area contributed by atoms with Gasteiger partial charge < -0.3 is 9.67 Å². The Hall–Kier alpha value is -1.77. The molecule has 0 saturated heterocycles. The summed E-state index contributed by atoms with van der Waals surface area (Å²) in [5.41, 5.74) is 3.46. The van der Waals surface area contributed by atoms with Crippen LogP contribution in [0.2, 0.25) is 0 Å². The summed E-state index contributed by atoms with van der Waals surface area (Å²) in [5, 5.41) is 10.4. The smallest absolute Gasteiger partial charge is 0.337 e. The molecule has 0 atom stereocenters. The summed E-state index contributed by atoms with van der Waals surface area (Å²) < 4.78 is 2.04. The van der Waals surface area contributed by atoms with E-state index in [1.165, 1.54) is 5.56 Å². The number of hydrogen-bond donors (Lipinski definition) is 1. The first-order valence-electron chi connectivity index (χ1n) is 6.32. The number of benzene rings is 1. The van der Waals surface area contributed by atoms with Gasteiger partial charge in [0.15, 0.2) is 0 Å². The third-order valence-corrected chi connectivity index (χ3v) is 3.34. The number of aryl methyl sites for hydroxylation is 2. The van der Waals surface area contributed by atoms with Crippen molar-refractivity contribution < 1.29 is 9.90 Å². The van der Waals surface area contributed by atoms with Crippen molar-refractivity contribution in [3.63, 3.8) is 0 Å². The molecule has 0 spiro atoms. The van der Waals surface area contributed by atoms with E-state index in [1.807, 2.05) is 18.4 Å². The molecule has 0 aliphatic carbocycles. The summed E-state index contributed by atoms with van der Waals surface area (Å²) in [7, 11) is 0. The summed E-state index contributed by atoms with van der Waals surface area (Å²) in [6.07, 6.45) is 2.08. The lowest BCUT2D eigenvalue weighted by molar-refractivity contribution is 0.0698. The number of rotatable bonds is 3. The molecule has 2 rings (SSSR count). The standard InChI is InChI=1S/C15H19NO2/c1-5-16-8-13(9(2)3)11-6-10(4)7-12(14(11)16)15(17)18/h6-9H,5H2,1-4H3,(H,17,18). The first-order valence-corrected chi connectivity index (χ1v) is 6.32. The Bertz CT molecular complexity index is 608. The number of aromatic nitrogens is 1. The molecule has 0 saturated carbocycles. The van der Waals surface area contributed by atoms with Crippen LogP contribution in [0, 0.1) is 6.92 Å². The minimum Gasteiger partial charge on any atom is -0.478 e. The number of fused-ring (bicyclic) bond motifs is 1. The highest BCUT2D eigenvalue weighted by atomic mass is 16.4. The molecule has 0 aliphatic rings. The Morgan fingerprint density at radius 2 is 2.06 bits per heavy atom. The van der Waals surface area contributed by atoms with Crippen molar-refractivity contribution in [2.75, 3.05) is 0 Å². The van der Waals surface area contributed by atoms with Gasteiger partial charge in [0.05, 0.1) is 11.1 Å². The fourth-order valence-corrected chi connectivity index (χ4v) is 2.48. The number of nitrogens with zero attached hydrogens (tertiary/aromatic N) is 1. The van der Waals surface area contributed by atoms with E-state index < -0.39 is 5.97 Å². The second kappa shape index (κ2) is 4.48. The summed E-state index contributed by atoms with van der Waals surface area (Å²) in [4.78, 5) is 11.4. The molecular formula is C15H19NO2. The fourth-order valence-electron chi connectivity index (χ4n) is 2.48. The summed E-state index contributed by atoms with van der Waals surface area (Å²) in [6, 6.07) is 3.84. The van der Waals surface area contributed by atoms with E-state index in [0.717, 1.165) is 23.0 Å². The van der Waals surface area contributed by atoms with Crippen molar-refractivity contribution in [1.82, 2.24) is 4.57 Å². The minimum atomic E-state index is -0.855. The van der Waals surface area contributed by atoms with Crippen molar-refractivity contribution in [1.29, 1.82) is 0 Å². The number of carboxylic acid groups (broad SMARTS) is 1. The molecule has 0 bridgehead atoms. The number of carbonyl (C=O) groups is 1. The van der Waals surface area contributed by atoms with Crippen LogP contribution in [-0.4, -0.2) is 15.6 Å². The topological polar surface area (TPSA) is 42.2 Å². The van der Waals surface area contributed by atoms with Crippen molar-refractivity contribution >= 4 is 16.9 Å². The highest BCUT2D eigenvalue weighted by Gasteiger charge is 2.17. The lowest BCUT2D eigenvalue weighted by atomic mass is 9.99. The van der Waals surface area contributed by atoms with Gasteiger partial charge >= 0.3 is 5.97 Å². The van der Waals surface area contributed by atoms with E-state index >= 15 is 0 Å². The average Bonchev–Trinajstić information content (AvgIpc) is 2.66. The van der Waals surface area contributed by atoms with Crippen LogP contribution >= 0.6 is 0 Å². The van der Waals surface area contributed by atoms with E-state index in [4.69, 9.17) is 0 Å². The Labute approximate surface area is 107 Å². The molecule has 3 heteroatoms. The molecule has 0 radical (unpaired) electrons. The van der Waals surface area contributed by atoms with E-state index in [0.29, 0.717) is 11.5 Å². The SMILES string of the molecule is CCn1cc(C(C)C)c2cc(C)cc(C(=O)O)c21. The van der Waals surface area contributed by atoms with E-state index in [-0.39, 0.29) is 0 Å². The third-order valence-electron chi connectivity index (χ3n) is 3.34. The highest BCUT2D eigenvalue weighted by molar-refractivity contribution is 6.04. The zero-order valence-corrected chi connectivity index (χ0v) is 11.3. The number of aromatic carboxylic acids is 1. The molecular weight excluding hydrogens is 226 g/mol. The van der Waals surface area contributed by atoms with Crippen LogP contribution in [0.15, 0.2) is 18.3 Å². The van der Waals surface area contributed by atoms with E-state index in [9.17, 15) is 9.90 Å². The van der Waals surface area contributed by atoms with Gasteiger partial charge in [-0.05, 0) is 43.0 Å². The molecule has 0 fully saturated rings. The predicted octanol–water partition coefficient (Wildman–Crippen LogP) is 3.79. The molecule has 1 aromatic heterocycles. The van der Waals surface area contributed by atoms with Gasteiger partial charge in [0, 0.05) is 18.1 Å². The maximum Gasteiger partial charge on any atom is 0.337 e. The molecule has 0 aliphatic heterocycles. The Morgan fingerprint density at radius 3 is 2.56 bits per heavy atom. The van der Waals surface area contributed by atoms with Crippen LogP contribution in [0.25, 0.3) is 10.9 Å². The van der Waals surface area contributed by atoms with Crippen molar-refractivity contribution in [3.8, 4) is 0 Å². The zero-order valence-electron chi connectivity index (χ0n) is 11.3. The summed E-state index contributed by atoms with van der Waals surface area (Å²) in [5.74, 6) is -0.462. The lowest BCUT2D eigenvalue weighted by Gasteiger charge is -2.06. The molecule has 1 heterocycles. The second-order valence-electron chi connectivity index (χ2n) is 5.04. The highest BCUT2D eigenvalue weighted by Crippen LogP contribution is 2.31. The Morgan fingerprint density at radius 1 is 1.39 bits per heavy atom. The largest absolute Gasteiger partial charge is 0.478 e. The summed E-state index contributed by atoms with van der Waals surface area (Å²) in [6.45, 7) is 9.04. The lowest BCUT2D eigenvalue weighted by Crippen LogP contribution is -2.02. The van der Waals surface area contributed by atoms with Gasteiger partial charge in [-0.15, -0.1) is 0 Å². The zero-order chi connectivity index (χ0) is 13.4. The predicted molar refractivity (Wildman–Crippen MR) is 73.4 cm³/mol. The van der Waals surface area contributed by atoms with Gasteiger partial charge in [0.1, 0.15) is 0 Å². The van der Waals surface area contributed by atoms with Gasteiger partial charge in [0.2, 0.25) is 0 Å². The molecule has 3 nitrogen and oxygen atoms in total. The maximum absolute atomic E-state index is 11.4. The van der Waals surface area contributed by atoms with Crippen LogP contribution in [0.4, 0.5) is 0 Å². The van der Waals surface area contributed by atoms with Crippen LogP contribution in [0.5, 0.6) is 0 Å². The molecule has 0 unspecified atom stereocenters. The molecule has 96 valence electrons. The molecule has 18 heavy (non-hydrogen) atoms. The van der Waals surface area contributed by atoms with E-state index in [1.54, 1.807) is 6.07 Å². The molecule has 0 amide bonds. The van der Waals surface area contributed by atoms with Crippen LogP contribution in [0.3, 0.4) is 0 Å². The number of hydrogen-bond acceptors (Lipinski definition) is 1. The molecule has 2 aromatic rings. The third kappa shape index (κ3) is 1.90. The van der Waals surface area contributed by atoms with Crippen LogP contribution < -0.4 is 0 Å². The van der Waals surface area contributed by atoms with Crippen LogP contribution in [0.1, 0.15) is 48.2 Å². The summed E-state index contributed by atoms with van der Waals surface area (Å²) >= 11 is 0. The average molecular weight is 245 g/mol. The normalized spacial score (nSPS) is 11.4. The molecule has 1 aromatic carbocycles. The van der Waals surface area contributed by atoms with Gasteiger partial charge in [-0.1, -0.05) is 13.8 Å². The Kier molecular flexibility index (Phi) is 3.16. The van der Waals surface area contributed by atoms with Gasteiger partial charge in [0.25, 0.3) is 0 Å². The van der Waals surface area contributed by atoms with Crippen molar-refractivity contribution in [2.45, 2.75) is 40.2 Å². The van der Waals surface area contributed by atoms with Crippen molar-refractivity contribution in [2.24, 2.45) is 0 Å². The monoisotopic (exact) mass is 245 g/mol. The van der Waals surface area contributed by atoms with Gasteiger partial charge in [-0.2, -0.15) is 0 Å². The first-order chi connectivity index (χ1) is 8.45. The quantitative estimate of drug-likeness (QED) is 0.893. The van der Waals surface area contributed by atoms with Crippen LogP contribution in [-0.2, 0) is 6.54 Å². The van der Waals surface area contributed by atoms with E-state index in [2.05, 4.69) is 26.1 Å². The number of carboxylic acids is 1. The fraction of sp³-hybridized carbons (Fsp3) is 0.400.